The van der Waals surface area contributed by atoms with Crippen LogP contribution in [-0.4, -0.2) is 37.7 Å². The van der Waals surface area contributed by atoms with Crippen LogP contribution in [0.1, 0.15) is 34.6 Å². The van der Waals surface area contributed by atoms with E-state index in [1.165, 1.54) is 11.3 Å². The van der Waals surface area contributed by atoms with Crippen molar-refractivity contribution >= 4 is 34.2 Å². The molecule has 1 aromatic carbocycles. The van der Waals surface area contributed by atoms with Crippen LogP contribution in [0.2, 0.25) is 0 Å². The minimum atomic E-state index is -0.663. The van der Waals surface area contributed by atoms with Crippen LogP contribution in [0.15, 0.2) is 30.3 Å². The fraction of sp³-hybridized carbons (Fsp3) is 0.350. The fourth-order valence-electron chi connectivity index (χ4n) is 2.28. The molecule has 2 aromatic rings. The lowest BCUT2D eigenvalue weighted by Gasteiger charge is -2.09. The summed E-state index contributed by atoms with van der Waals surface area (Å²) in [6, 6.07) is 8.97. The van der Waals surface area contributed by atoms with Crippen molar-refractivity contribution in [1.29, 1.82) is 0 Å². The Morgan fingerprint density at radius 2 is 1.82 bits per heavy atom. The van der Waals surface area contributed by atoms with Gasteiger partial charge in [-0.3, -0.25) is 4.79 Å². The van der Waals surface area contributed by atoms with Crippen LogP contribution in [0.5, 0.6) is 5.75 Å². The average Bonchev–Trinajstić information content (AvgIpc) is 3.09. The summed E-state index contributed by atoms with van der Waals surface area (Å²) in [6.45, 7) is 4.98. The van der Waals surface area contributed by atoms with Crippen molar-refractivity contribution < 1.29 is 28.6 Å². The van der Waals surface area contributed by atoms with E-state index in [9.17, 15) is 14.4 Å². The molecule has 0 saturated carbocycles. The van der Waals surface area contributed by atoms with E-state index in [1.807, 2.05) is 26.0 Å². The zero-order valence-corrected chi connectivity index (χ0v) is 16.9. The van der Waals surface area contributed by atoms with Crippen LogP contribution < -0.4 is 10.1 Å². The van der Waals surface area contributed by atoms with Crippen molar-refractivity contribution in [3.63, 3.8) is 0 Å². The Labute approximate surface area is 167 Å². The monoisotopic (exact) mass is 405 g/mol. The van der Waals surface area contributed by atoms with Crippen LogP contribution >= 0.6 is 11.3 Å². The van der Waals surface area contributed by atoms with Gasteiger partial charge in [-0.05, 0) is 38.0 Å². The SMILES string of the molecule is CCOC(=O)c1cc(CC)sc1NC(=O)COC(=O)COc1ccccc1C. The second-order valence-corrected chi connectivity index (χ2v) is 6.93. The first kappa shape index (κ1) is 21.4. The molecule has 0 unspecified atom stereocenters. The van der Waals surface area contributed by atoms with Crippen molar-refractivity contribution in [3.8, 4) is 5.75 Å². The molecule has 0 spiro atoms. The first-order valence-electron chi connectivity index (χ1n) is 8.88. The molecule has 0 saturated heterocycles. The molecule has 1 N–H and O–H groups in total. The van der Waals surface area contributed by atoms with E-state index < -0.39 is 24.5 Å². The third kappa shape index (κ3) is 6.09. The lowest BCUT2D eigenvalue weighted by molar-refractivity contribution is -0.149. The van der Waals surface area contributed by atoms with Gasteiger partial charge in [0.2, 0.25) is 0 Å². The van der Waals surface area contributed by atoms with E-state index in [4.69, 9.17) is 14.2 Å². The minimum Gasteiger partial charge on any atom is -0.482 e. The second-order valence-electron chi connectivity index (χ2n) is 5.79. The molecule has 0 atom stereocenters. The first-order valence-corrected chi connectivity index (χ1v) is 9.70. The van der Waals surface area contributed by atoms with Gasteiger partial charge < -0.3 is 19.5 Å². The number of ether oxygens (including phenoxy) is 3. The van der Waals surface area contributed by atoms with Crippen molar-refractivity contribution in [2.75, 3.05) is 25.1 Å². The second kappa shape index (κ2) is 10.5. The van der Waals surface area contributed by atoms with E-state index in [1.54, 1.807) is 25.1 Å². The third-order valence-electron chi connectivity index (χ3n) is 3.68. The number of carbonyl (C=O) groups excluding carboxylic acids is 3. The smallest absolute Gasteiger partial charge is 0.344 e. The molecule has 7 nitrogen and oxygen atoms in total. The Kier molecular flexibility index (Phi) is 8.01. The maximum absolute atomic E-state index is 12.1. The quantitative estimate of drug-likeness (QED) is 0.644. The topological polar surface area (TPSA) is 90.9 Å². The predicted molar refractivity (Wildman–Crippen MR) is 106 cm³/mol. The van der Waals surface area contributed by atoms with E-state index in [-0.39, 0.29) is 13.2 Å². The highest BCUT2D eigenvalue weighted by molar-refractivity contribution is 7.16. The van der Waals surface area contributed by atoms with E-state index >= 15 is 0 Å². The van der Waals surface area contributed by atoms with Gasteiger partial charge in [0.1, 0.15) is 10.8 Å². The zero-order chi connectivity index (χ0) is 20.5. The van der Waals surface area contributed by atoms with Crippen molar-refractivity contribution in [1.82, 2.24) is 0 Å². The summed E-state index contributed by atoms with van der Waals surface area (Å²) in [5, 5.41) is 2.99. The number of amides is 1. The summed E-state index contributed by atoms with van der Waals surface area (Å²) in [4.78, 5) is 36.9. The third-order valence-corrected chi connectivity index (χ3v) is 4.88. The van der Waals surface area contributed by atoms with E-state index in [2.05, 4.69) is 5.32 Å². The molecule has 0 radical (unpaired) electrons. The molecule has 0 fully saturated rings. The van der Waals surface area contributed by atoms with E-state index in [0.717, 1.165) is 16.9 Å². The lowest BCUT2D eigenvalue weighted by Crippen LogP contribution is -2.24. The number of carbonyl (C=O) groups is 3. The highest BCUT2D eigenvalue weighted by atomic mass is 32.1. The summed E-state index contributed by atoms with van der Waals surface area (Å²) in [7, 11) is 0. The molecule has 0 aliphatic heterocycles. The molecule has 0 bridgehead atoms. The largest absolute Gasteiger partial charge is 0.482 e. The molecular formula is C20H23NO6S. The number of para-hydroxylation sites is 1. The van der Waals surface area contributed by atoms with E-state index in [0.29, 0.717) is 16.3 Å². The van der Waals surface area contributed by atoms with Crippen molar-refractivity contribution in [3.05, 3.63) is 46.3 Å². The van der Waals surface area contributed by atoms with Crippen LogP contribution in [-0.2, 0) is 25.5 Å². The lowest BCUT2D eigenvalue weighted by atomic mass is 10.2. The average molecular weight is 405 g/mol. The maximum Gasteiger partial charge on any atom is 0.344 e. The van der Waals surface area contributed by atoms with Crippen molar-refractivity contribution in [2.45, 2.75) is 27.2 Å². The summed E-state index contributed by atoms with van der Waals surface area (Å²) < 4.78 is 15.3. The van der Waals surface area contributed by atoms with Crippen LogP contribution in [0.4, 0.5) is 5.00 Å². The predicted octanol–water partition coefficient (Wildman–Crippen LogP) is 3.36. The molecule has 1 aromatic heterocycles. The molecule has 2 rings (SSSR count). The Morgan fingerprint density at radius 1 is 1.07 bits per heavy atom. The Morgan fingerprint density at radius 3 is 2.50 bits per heavy atom. The zero-order valence-electron chi connectivity index (χ0n) is 16.1. The summed E-state index contributed by atoms with van der Waals surface area (Å²) >= 11 is 1.29. The van der Waals surface area contributed by atoms with Gasteiger partial charge in [0, 0.05) is 4.88 Å². The molecule has 0 aliphatic carbocycles. The standard InChI is InChI=1S/C20H23NO6S/c1-4-14-10-15(20(24)25-5-2)19(28-14)21-17(22)11-27-18(23)12-26-16-9-7-6-8-13(16)3/h6-10H,4-5,11-12H2,1-3H3,(H,21,22). The molecule has 28 heavy (non-hydrogen) atoms. The maximum atomic E-state index is 12.1. The number of hydrogen-bond acceptors (Lipinski definition) is 7. The van der Waals surface area contributed by atoms with Gasteiger partial charge in [-0.1, -0.05) is 25.1 Å². The Hall–Kier alpha value is -2.87. The van der Waals surface area contributed by atoms with Gasteiger partial charge in [0.15, 0.2) is 13.2 Å². The van der Waals surface area contributed by atoms with Gasteiger partial charge in [-0.25, -0.2) is 9.59 Å². The number of anilines is 1. The molecule has 0 aliphatic rings. The Bertz CT molecular complexity index is 845. The number of nitrogens with one attached hydrogen (secondary N) is 1. The molecule has 8 heteroatoms. The first-order chi connectivity index (χ1) is 13.4. The number of aryl methyl sites for hydroxylation is 2. The molecular weight excluding hydrogens is 382 g/mol. The van der Waals surface area contributed by atoms with Gasteiger partial charge in [-0.15, -0.1) is 11.3 Å². The summed E-state index contributed by atoms with van der Waals surface area (Å²) in [5.41, 5.74) is 1.19. The fourth-order valence-corrected chi connectivity index (χ4v) is 3.28. The molecule has 1 heterocycles. The number of benzene rings is 1. The van der Waals surface area contributed by atoms with Crippen molar-refractivity contribution in [2.24, 2.45) is 0 Å². The van der Waals surface area contributed by atoms with Gasteiger partial charge in [0.25, 0.3) is 5.91 Å². The van der Waals surface area contributed by atoms with Gasteiger partial charge in [0.05, 0.1) is 12.2 Å². The van der Waals surface area contributed by atoms with Crippen LogP contribution in [0.3, 0.4) is 0 Å². The number of thiophene rings is 1. The normalized spacial score (nSPS) is 10.2. The van der Waals surface area contributed by atoms with Gasteiger partial charge in [-0.2, -0.15) is 0 Å². The molecule has 150 valence electrons. The van der Waals surface area contributed by atoms with Crippen LogP contribution in [0, 0.1) is 6.92 Å². The highest BCUT2D eigenvalue weighted by Gasteiger charge is 2.19. The Balaban J connectivity index is 1.86. The van der Waals surface area contributed by atoms with Gasteiger partial charge >= 0.3 is 11.9 Å². The summed E-state index contributed by atoms with van der Waals surface area (Å²) in [6.07, 6.45) is 0.720. The minimum absolute atomic E-state index is 0.238. The number of esters is 2. The molecule has 1 amide bonds. The number of hydrogen-bond donors (Lipinski definition) is 1. The van der Waals surface area contributed by atoms with Crippen LogP contribution in [0.25, 0.3) is 0 Å². The highest BCUT2D eigenvalue weighted by Crippen LogP contribution is 2.29. The number of rotatable bonds is 9. The summed E-state index contributed by atoms with van der Waals surface area (Å²) in [5.74, 6) is -1.13.